The largest absolute Gasteiger partial charge is 0.327 e. The second-order valence-corrected chi connectivity index (χ2v) is 7.44. The van der Waals surface area contributed by atoms with Crippen molar-refractivity contribution < 1.29 is 0 Å². The van der Waals surface area contributed by atoms with Gasteiger partial charge in [0.15, 0.2) is 0 Å². The molecule has 1 aromatic heterocycles. The molecule has 0 saturated carbocycles. The molecule has 2 aromatic rings. The van der Waals surface area contributed by atoms with E-state index in [4.69, 9.17) is 10.2 Å². The van der Waals surface area contributed by atoms with Crippen LogP contribution in [-0.2, 0) is 6.54 Å². The van der Waals surface area contributed by atoms with Gasteiger partial charge in [0.2, 0.25) is 0 Å². The molecule has 4 heteroatoms. The summed E-state index contributed by atoms with van der Waals surface area (Å²) in [5.74, 6) is 2.33. The normalized spacial score (nSPS) is 11.0. The van der Waals surface area contributed by atoms with E-state index in [2.05, 4.69) is 62.6 Å². The average molecular weight is 342 g/mol. The summed E-state index contributed by atoms with van der Waals surface area (Å²) in [5, 5.41) is 9.92. The Labute approximate surface area is 150 Å². The number of thioether (sulfide) groups is 1. The Kier molecular flexibility index (Phi) is 6.93. The van der Waals surface area contributed by atoms with Gasteiger partial charge in [-0.05, 0) is 18.9 Å². The number of hydrogen-bond acceptors (Lipinski definition) is 3. The summed E-state index contributed by atoms with van der Waals surface area (Å²) in [7, 11) is 0. The highest BCUT2D eigenvalue weighted by Crippen LogP contribution is 2.36. The van der Waals surface area contributed by atoms with Gasteiger partial charge in [0, 0.05) is 30.2 Å². The third-order valence-electron chi connectivity index (χ3n) is 4.07. The summed E-state index contributed by atoms with van der Waals surface area (Å²) in [6.45, 7) is 9.79. The van der Waals surface area contributed by atoms with Crippen LogP contribution >= 0.6 is 11.8 Å². The van der Waals surface area contributed by atoms with E-state index >= 15 is 0 Å². The van der Waals surface area contributed by atoms with E-state index in [1.807, 2.05) is 0 Å². The van der Waals surface area contributed by atoms with E-state index < -0.39 is 0 Å². The van der Waals surface area contributed by atoms with Gasteiger partial charge >= 0.3 is 0 Å². The van der Waals surface area contributed by atoms with Crippen molar-refractivity contribution >= 4 is 11.8 Å². The minimum absolute atomic E-state index is 0.384. The molecule has 0 fully saturated rings. The molecule has 0 atom stereocenters. The first-order valence-electron chi connectivity index (χ1n) is 8.76. The molecular formula is C20H27N3S. The van der Waals surface area contributed by atoms with Crippen molar-refractivity contribution in [1.82, 2.24) is 9.55 Å². The van der Waals surface area contributed by atoms with Crippen LogP contribution < -0.4 is 0 Å². The number of hydrogen-bond donors (Lipinski definition) is 0. The number of imidazole rings is 1. The third-order valence-corrected chi connectivity index (χ3v) is 5.04. The highest BCUT2D eigenvalue weighted by atomic mass is 32.2. The zero-order chi connectivity index (χ0) is 17.5. The first-order chi connectivity index (χ1) is 11.6. The van der Waals surface area contributed by atoms with Crippen molar-refractivity contribution in [2.24, 2.45) is 0 Å². The molecule has 2 rings (SSSR count). The molecule has 3 nitrogen and oxygen atoms in total. The van der Waals surface area contributed by atoms with E-state index in [-0.39, 0.29) is 0 Å². The molecule has 1 aromatic carbocycles. The quantitative estimate of drug-likeness (QED) is 0.451. The maximum Gasteiger partial charge on any atom is 0.123 e. The van der Waals surface area contributed by atoms with Crippen molar-refractivity contribution in [2.45, 2.75) is 64.4 Å². The number of rotatable bonds is 8. The molecule has 0 unspecified atom stereocenters. The number of aromatic nitrogens is 2. The van der Waals surface area contributed by atoms with Crippen molar-refractivity contribution in [1.29, 1.82) is 5.26 Å². The number of benzene rings is 1. The van der Waals surface area contributed by atoms with Gasteiger partial charge in [-0.25, -0.2) is 4.98 Å². The molecule has 0 spiro atoms. The molecular weight excluding hydrogens is 314 g/mol. The van der Waals surface area contributed by atoms with Crippen LogP contribution in [0.5, 0.6) is 0 Å². The minimum atomic E-state index is 0.384. The van der Waals surface area contributed by atoms with Crippen LogP contribution in [0.3, 0.4) is 0 Å². The maximum absolute atomic E-state index is 8.85. The van der Waals surface area contributed by atoms with Crippen molar-refractivity contribution in [2.75, 3.05) is 5.75 Å². The SMILES string of the molecule is CCCCn1c(C(C)C)nc(SCCC#N)c1-c1ccccc1C. The summed E-state index contributed by atoms with van der Waals surface area (Å²) in [6.07, 6.45) is 2.87. The van der Waals surface area contributed by atoms with Crippen LogP contribution in [0.2, 0.25) is 0 Å². The Hall–Kier alpha value is -1.73. The molecule has 1 heterocycles. The highest BCUT2D eigenvalue weighted by Gasteiger charge is 2.21. The molecule has 0 aliphatic carbocycles. The maximum atomic E-state index is 8.85. The van der Waals surface area contributed by atoms with E-state index in [9.17, 15) is 0 Å². The molecule has 0 N–H and O–H groups in total. The molecule has 128 valence electrons. The smallest absolute Gasteiger partial charge is 0.123 e. The number of nitriles is 1. The molecule has 0 amide bonds. The van der Waals surface area contributed by atoms with Gasteiger partial charge in [0.05, 0.1) is 11.8 Å². The fourth-order valence-electron chi connectivity index (χ4n) is 2.82. The standard InChI is InChI=1S/C20H27N3S/c1-5-6-13-23-18(17-11-8-7-10-16(17)4)20(24-14-9-12-21)22-19(23)15(2)3/h7-8,10-11,15H,5-6,9,13-14H2,1-4H3. The van der Waals surface area contributed by atoms with E-state index in [0.29, 0.717) is 12.3 Å². The summed E-state index contributed by atoms with van der Waals surface area (Å²) in [5.41, 5.74) is 3.76. The van der Waals surface area contributed by atoms with Crippen molar-refractivity contribution in [3.05, 3.63) is 35.7 Å². The minimum Gasteiger partial charge on any atom is -0.327 e. The van der Waals surface area contributed by atoms with Gasteiger partial charge in [0.25, 0.3) is 0 Å². The fourth-order valence-corrected chi connectivity index (χ4v) is 3.73. The molecule has 24 heavy (non-hydrogen) atoms. The van der Waals surface area contributed by atoms with Gasteiger partial charge in [-0.3, -0.25) is 0 Å². The van der Waals surface area contributed by atoms with E-state index in [1.165, 1.54) is 23.2 Å². The van der Waals surface area contributed by atoms with Crippen LogP contribution in [0.15, 0.2) is 29.3 Å². The third kappa shape index (κ3) is 4.21. The summed E-state index contributed by atoms with van der Waals surface area (Å²) in [6, 6.07) is 10.8. The highest BCUT2D eigenvalue weighted by molar-refractivity contribution is 7.99. The first-order valence-corrected chi connectivity index (χ1v) is 9.74. The van der Waals surface area contributed by atoms with Gasteiger partial charge in [0.1, 0.15) is 10.9 Å². The summed E-state index contributed by atoms with van der Waals surface area (Å²) in [4.78, 5) is 4.97. The first kappa shape index (κ1) is 18.6. The number of aryl methyl sites for hydroxylation is 1. The predicted molar refractivity (Wildman–Crippen MR) is 102 cm³/mol. The topological polar surface area (TPSA) is 41.6 Å². The summed E-state index contributed by atoms with van der Waals surface area (Å²) < 4.78 is 2.41. The lowest BCUT2D eigenvalue weighted by molar-refractivity contribution is 0.587. The van der Waals surface area contributed by atoms with Gasteiger partial charge < -0.3 is 4.57 Å². The fraction of sp³-hybridized carbons (Fsp3) is 0.500. The van der Waals surface area contributed by atoms with E-state index in [1.54, 1.807) is 11.8 Å². The average Bonchev–Trinajstić information content (AvgIpc) is 2.92. The van der Waals surface area contributed by atoms with Crippen molar-refractivity contribution in [3.63, 3.8) is 0 Å². The zero-order valence-electron chi connectivity index (χ0n) is 15.2. The lowest BCUT2D eigenvalue weighted by atomic mass is 10.1. The van der Waals surface area contributed by atoms with Crippen LogP contribution in [0.4, 0.5) is 0 Å². The lowest BCUT2D eigenvalue weighted by Crippen LogP contribution is -2.07. The molecule has 0 aliphatic heterocycles. The number of nitrogens with zero attached hydrogens (tertiary/aromatic N) is 3. The Morgan fingerprint density at radius 1 is 1.29 bits per heavy atom. The van der Waals surface area contributed by atoms with Crippen LogP contribution in [0, 0.1) is 18.3 Å². The van der Waals surface area contributed by atoms with Crippen LogP contribution in [0.25, 0.3) is 11.3 Å². The molecule has 0 bridgehead atoms. The molecule has 0 aliphatic rings. The van der Waals surface area contributed by atoms with Crippen LogP contribution in [-0.4, -0.2) is 15.3 Å². The summed E-state index contributed by atoms with van der Waals surface area (Å²) >= 11 is 1.71. The Balaban J connectivity index is 2.57. The Morgan fingerprint density at radius 3 is 2.67 bits per heavy atom. The van der Waals surface area contributed by atoms with Gasteiger partial charge in [-0.1, -0.05) is 51.5 Å². The lowest BCUT2D eigenvalue weighted by Gasteiger charge is -2.15. The Morgan fingerprint density at radius 2 is 2.04 bits per heavy atom. The number of unbranched alkanes of at least 4 members (excludes halogenated alkanes) is 1. The Bertz CT molecular complexity index is 710. The second-order valence-electron chi connectivity index (χ2n) is 6.36. The predicted octanol–water partition coefficient (Wildman–Crippen LogP) is 5.79. The van der Waals surface area contributed by atoms with Gasteiger partial charge in [-0.2, -0.15) is 5.26 Å². The van der Waals surface area contributed by atoms with Crippen LogP contribution in [0.1, 0.15) is 57.3 Å². The monoisotopic (exact) mass is 341 g/mol. The van der Waals surface area contributed by atoms with Gasteiger partial charge in [-0.15, -0.1) is 11.8 Å². The molecule has 0 saturated heterocycles. The molecule has 0 radical (unpaired) electrons. The van der Waals surface area contributed by atoms with Crippen molar-refractivity contribution in [3.8, 4) is 17.3 Å². The zero-order valence-corrected chi connectivity index (χ0v) is 16.0. The second kappa shape index (κ2) is 8.94. The van der Waals surface area contributed by atoms with E-state index in [0.717, 1.165) is 29.6 Å².